The van der Waals surface area contributed by atoms with Crippen molar-refractivity contribution in [3.05, 3.63) is 52.8 Å². The van der Waals surface area contributed by atoms with Crippen molar-refractivity contribution >= 4 is 11.8 Å². The smallest absolute Gasteiger partial charge is 0.351 e. The van der Waals surface area contributed by atoms with Crippen molar-refractivity contribution in [2.24, 2.45) is 7.05 Å². The molecular weight excluding hydrogens is 409 g/mol. The first kappa shape index (κ1) is 21.4. The Bertz CT molecular complexity index is 1000. The molecule has 0 radical (unpaired) electrons. The molecule has 9 heteroatoms. The van der Waals surface area contributed by atoms with Gasteiger partial charge in [-0.25, -0.2) is 0 Å². The first-order valence-corrected chi connectivity index (χ1v) is 10.4. The number of fused-ring (bicyclic) bond motifs is 1. The van der Waals surface area contributed by atoms with Crippen LogP contribution in [0.5, 0.6) is 0 Å². The Hall–Kier alpha value is -2.84. The van der Waals surface area contributed by atoms with Gasteiger partial charge in [-0.1, -0.05) is 18.6 Å². The molecule has 166 valence electrons. The standard InChI is InChI=1S/C22H25F3N4O2/c1-13-16(12-28(2)27-13)21(31)29-18-8-3-4-9-20(30)26-17(18)11-19(29)14-6-5-7-15(10-14)22(23,24)25/h5-7,10,12,17-19H,3-4,8-9,11H2,1-2H3,(H,26,30)/t17-,18+,19+/m1/s1. The number of aromatic nitrogens is 2. The second-order valence-corrected chi connectivity index (χ2v) is 8.38. The van der Waals surface area contributed by atoms with Crippen LogP contribution in [0, 0.1) is 6.92 Å². The Kier molecular flexibility index (Phi) is 5.53. The van der Waals surface area contributed by atoms with Crippen molar-refractivity contribution in [3.8, 4) is 0 Å². The highest BCUT2D eigenvalue weighted by Gasteiger charge is 2.46. The Balaban J connectivity index is 1.77. The zero-order chi connectivity index (χ0) is 22.3. The number of likely N-dealkylation sites (tertiary alicyclic amines) is 1. The summed E-state index contributed by atoms with van der Waals surface area (Å²) in [6.07, 6.45) is 0.146. The van der Waals surface area contributed by atoms with Crippen LogP contribution in [-0.2, 0) is 18.0 Å². The van der Waals surface area contributed by atoms with E-state index in [0.717, 1.165) is 25.0 Å². The Morgan fingerprint density at radius 2 is 2.03 bits per heavy atom. The van der Waals surface area contributed by atoms with Gasteiger partial charge in [0.15, 0.2) is 0 Å². The second-order valence-electron chi connectivity index (χ2n) is 8.38. The number of nitrogens with zero attached hydrogens (tertiary/aromatic N) is 3. The molecule has 6 nitrogen and oxygen atoms in total. The maximum Gasteiger partial charge on any atom is 0.416 e. The predicted octanol–water partition coefficient (Wildman–Crippen LogP) is 3.76. The van der Waals surface area contributed by atoms with Crippen molar-refractivity contribution in [2.45, 2.75) is 63.3 Å². The molecule has 0 bridgehead atoms. The third-order valence-corrected chi connectivity index (χ3v) is 6.21. The van der Waals surface area contributed by atoms with Crippen LogP contribution in [0.1, 0.15) is 65.3 Å². The highest BCUT2D eigenvalue weighted by atomic mass is 19.4. The monoisotopic (exact) mass is 434 g/mol. The van der Waals surface area contributed by atoms with Gasteiger partial charge in [-0.15, -0.1) is 0 Å². The molecule has 2 aromatic rings. The Labute approximate surface area is 178 Å². The van der Waals surface area contributed by atoms with Crippen molar-refractivity contribution < 1.29 is 22.8 Å². The van der Waals surface area contributed by atoms with E-state index >= 15 is 0 Å². The fourth-order valence-corrected chi connectivity index (χ4v) is 4.81. The van der Waals surface area contributed by atoms with Gasteiger partial charge < -0.3 is 10.2 Å². The highest BCUT2D eigenvalue weighted by molar-refractivity contribution is 5.96. The first-order chi connectivity index (χ1) is 14.6. The summed E-state index contributed by atoms with van der Waals surface area (Å²) < 4.78 is 41.6. The second kappa shape index (κ2) is 8.01. The van der Waals surface area contributed by atoms with Gasteiger partial charge in [-0.2, -0.15) is 18.3 Å². The number of nitrogens with one attached hydrogen (secondary N) is 1. The predicted molar refractivity (Wildman–Crippen MR) is 107 cm³/mol. The molecule has 2 fully saturated rings. The number of aryl methyl sites for hydroxylation is 2. The summed E-state index contributed by atoms with van der Waals surface area (Å²) in [7, 11) is 1.72. The summed E-state index contributed by atoms with van der Waals surface area (Å²) in [5.74, 6) is -0.348. The largest absolute Gasteiger partial charge is 0.416 e. The van der Waals surface area contributed by atoms with E-state index in [4.69, 9.17) is 0 Å². The maximum absolute atomic E-state index is 13.6. The summed E-state index contributed by atoms with van der Waals surface area (Å²) in [5.41, 5.74) is 0.663. The number of carbonyl (C=O) groups is 2. The van der Waals surface area contributed by atoms with Crippen LogP contribution in [-0.4, -0.2) is 38.6 Å². The van der Waals surface area contributed by atoms with Gasteiger partial charge in [-0.3, -0.25) is 14.3 Å². The number of rotatable bonds is 2. The minimum absolute atomic E-state index is 0.0793. The average molecular weight is 434 g/mol. The van der Waals surface area contributed by atoms with Gasteiger partial charge in [0.1, 0.15) is 0 Å². The van der Waals surface area contributed by atoms with E-state index in [2.05, 4.69) is 10.4 Å². The van der Waals surface area contributed by atoms with Crippen LogP contribution in [0.2, 0.25) is 0 Å². The molecule has 1 aromatic heterocycles. The molecule has 0 unspecified atom stereocenters. The molecule has 3 atom stereocenters. The molecule has 1 aromatic carbocycles. The average Bonchev–Trinajstić information content (AvgIpc) is 3.21. The van der Waals surface area contributed by atoms with Crippen LogP contribution in [0.25, 0.3) is 0 Å². The van der Waals surface area contributed by atoms with Crippen LogP contribution in [0.3, 0.4) is 0 Å². The number of hydrogen-bond acceptors (Lipinski definition) is 3. The zero-order valence-corrected chi connectivity index (χ0v) is 17.4. The van der Waals surface area contributed by atoms with Crippen molar-refractivity contribution in [3.63, 3.8) is 0 Å². The lowest BCUT2D eigenvalue weighted by Gasteiger charge is -2.33. The first-order valence-electron chi connectivity index (χ1n) is 10.4. The molecule has 2 amide bonds. The maximum atomic E-state index is 13.6. The summed E-state index contributed by atoms with van der Waals surface area (Å²) >= 11 is 0. The zero-order valence-electron chi connectivity index (χ0n) is 17.4. The van der Waals surface area contributed by atoms with Crippen LogP contribution in [0.15, 0.2) is 30.5 Å². The fourth-order valence-electron chi connectivity index (χ4n) is 4.81. The van der Waals surface area contributed by atoms with E-state index in [-0.39, 0.29) is 23.9 Å². The number of hydrogen-bond donors (Lipinski definition) is 1. The van der Waals surface area contributed by atoms with Crippen LogP contribution < -0.4 is 5.32 Å². The third-order valence-electron chi connectivity index (χ3n) is 6.21. The minimum atomic E-state index is -4.47. The van der Waals surface area contributed by atoms with E-state index in [1.807, 2.05) is 0 Å². The number of carbonyl (C=O) groups excluding carboxylic acids is 2. The quantitative estimate of drug-likeness (QED) is 0.783. The fraction of sp³-hybridized carbons (Fsp3) is 0.500. The van der Waals surface area contributed by atoms with E-state index < -0.39 is 17.8 Å². The summed E-state index contributed by atoms with van der Waals surface area (Å²) in [6, 6.07) is 3.99. The van der Waals surface area contributed by atoms with E-state index in [9.17, 15) is 22.8 Å². The summed E-state index contributed by atoms with van der Waals surface area (Å²) in [6.45, 7) is 1.74. The van der Waals surface area contributed by atoms with Crippen molar-refractivity contribution in [1.82, 2.24) is 20.0 Å². The van der Waals surface area contributed by atoms with E-state index in [0.29, 0.717) is 36.1 Å². The SMILES string of the molecule is Cc1nn(C)cc1C(=O)N1[C@H](c2cccc(C(F)(F)F)c2)C[C@H]2NC(=O)CCCC[C@@H]21. The molecule has 0 spiro atoms. The molecule has 0 aliphatic carbocycles. The van der Waals surface area contributed by atoms with Gasteiger partial charge >= 0.3 is 6.18 Å². The summed E-state index contributed by atoms with van der Waals surface area (Å²) in [5, 5.41) is 7.25. The molecular formula is C22H25F3N4O2. The molecule has 1 N–H and O–H groups in total. The lowest BCUT2D eigenvalue weighted by molar-refractivity contribution is -0.137. The van der Waals surface area contributed by atoms with E-state index in [1.165, 1.54) is 6.07 Å². The number of benzene rings is 1. The van der Waals surface area contributed by atoms with Gasteiger partial charge in [0, 0.05) is 19.7 Å². The summed E-state index contributed by atoms with van der Waals surface area (Å²) in [4.78, 5) is 27.5. The lowest BCUT2D eigenvalue weighted by Crippen LogP contribution is -2.48. The van der Waals surface area contributed by atoms with Gasteiger partial charge in [-0.05, 0) is 43.9 Å². The van der Waals surface area contributed by atoms with Gasteiger partial charge in [0.25, 0.3) is 5.91 Å². The normalized spacial score (nSPS) is 24.4. The Morgan fingerprint density at radius 1 is 1.26 bits per heavy atom. The molecule has 2 aliphatic rings. The van der Waals surface area contributed by atoms with Crippen LogP contribution >= 0.6 is 0 Å². The number of amides is 2. The van der Waals surface area contributed by atoms with E-state index in [1.54, 1.807) is 35.8 Å². The molecule has 4 rings (SSSR count). The molecule has 31 heavy (non-hydrogen) atoms. The molecule has 2 aliphatic heterocycles. The topological polar surface area (TPSA) is 67.2 Å². The Morgan fingerprint density at radius 3 is 2.71 bits per heavy atom. The molecule has 3 heterocycles. The third kappa shape index (κ3) is 4.18. The highest BCUT2D eigenvalue weighted by Crippen LogP contribution is 2.42. The number of alkyl halides is 3. The minimum Gasteiger partial charge on any atom is -0.351 e. The van der Waals surface area contributed by atoms with Crippen molar-refractivity contribution in [1.29, 1.82) is 0 Å². The molecule has 0 saturated carbocycles. The number of halogens is 3. The molecule has 2 saturated heterocycles. The van der Waals surface area contributed by atoms with Gasteiger partial charge in [0.2, 0.25) is 5.91 Å². The van der Waals surface area contributed by atoms with Crippen molar-refractivity contribution in [2.75, 3.05) is 0 Å². The van der Waals surface area contributed by atoms with Crippen LogP contribution in [0.4, 0.5) is 13.2 Å². The lowest BCUT2D eigenvalue weighted by atomic mass is 9.97. The van der Waals surface area contributed by atoms with Gasteiger partial charge in [0.05, 0.1) is 34.9 Å².